The fourth-order valence-corrected chi connectivity index (χ4v) is 7.99. The molecule has 0 radical (unpaired) electrons. The number of phenols is 1. The quantitative estimate of drug-likeness (QED) is 0.0335. The van der Waals surface area contributed by atoms with Crippen LogP contribution in [-0.2, 0) is 30.2 Å². The average Bonchev–Trinajstić information content (AvgIpc) is 4.08. The molecule has 1 unspecified atom stereocenters. The third kappa shape index (κ3) is 14.9. The molecule has 70 heavy (non-hydrogen) atoms. The first-order chi connectivity index (χ1) is 33.4. The fourth-order valence-electron chi connectivity index (χ4n) is 7.99. The van der Waals surface area contributed by atoms with E-state index in [0.717, 1.165) is 18.4 Å². The van der Waals surface area contributed by atoms with Gasteiger partial charge in [-0.3, -0.25) is 9.59 Å². The molecule has 7 N–H and O–H groups in total. The minimum absolute atomic E-state index is 0. The van der Waals surface area contributed by atoms with Crippen LogP contribution < -0.4 is 39.0 Å². The molecule has 4 aromatic rings. The first kappa shape index (κ1) is 55.2. The van der Waals surface area contributed by atoms with Gasteiger partial charge in [0.1, 0.15) is 30.1 Å². The Labute approximate surface area is 416 Å². The second-order valence-electron chi connectivity index (χ2n) is 17.5. The summed E-state index contributed by atoms with van der Waals surface area (Å²) in [6.07, 6.45) is 10.6. The van der Waals surface area contributed by atoms with E-state index in [9.17, 15) is 19.8 Å². The van der Waals surface area contributed by atoms with Crippen molar-refractivity contribution in [2.24, 2.45) is 23.3 Å². The van der Waals surface area contributed by atoms with Gasteiger partial charge in [-0.25, -0.2) is 9.36 Å². The lowest BCUT2D eigenvalue weighted by atomic mass is 9.97. The number of piperazine rings is 2. The molecule has 2 fully saturated rings. The van der Waals surface area contributed by atoms with Crippen molar-refractivity contribution in [2.45, 2.75) is 71.1 Å². The van der Waals surface area contributed by atoms with Gasteiger partial charge in [0, 0.05) is 65.3 Å². The number of aliphatic hydroxyl groups is 1. The minimum atomic E-state index is -0.697. The topological polar surface area (TPSA) is 279 Å². The molecule has 1 aromatic carbocycles. The van der Waals surface area contributed by atoms with Crippen molar-refractivity contribution >= 4 is 29.7 Å². The summed E-state index contributed by atoms with van der Waals surface area (Å²) in [5, 5.41) is 40.0. The van der Waals surface area contributed by atoms with Gasteiger partial charge in [0.05, 0.1) is 69.8 Å². The Balaban J connectivity index is 0.00000913. The van der Waals surface area contributed by atoms with E-state index in [2.05, 4.69) is 45.7 Å². The highest BCUT2D eigenvalue weighted by molar-refractivity contribution is 5.81. The number of nitrogens with one attached hydrogen (secondary N) is 1. The number of benzene rings is 1. The summed E-state index contributed by atoms with van der Waals surface area (Å²) in [6, 6.07) is 4.51. The predicted octanol–water partition coefficient (Wildman–Crippen LogP) is -2.03. The highest BCUT2D eigenvalue weighted by atomic mass is 35.5. The molecule has 0 spiro atoms. The Morgan fingerprint density at radius 1 is 0.757 bits per heavy atom. The van der Waals surface area contributed by atoms with Crippen LogP contribution >= 0.6 is 0 Å². The van der Waals surface area contributed by atoms with Crippen molar-refractivity contribution < 1.29 is 46.4 Å². The van der Waals surface area contributed by atoms with Crippen LogP contribution in [0.25, 0.3) is 0 Å². The standard InChI is InChI=1S/C46H70N16O7.ClH/c1-6-22-67-24-26-69-27-25-68-23-13-49-44-50-45(52-46(51-44)60-20-16-58(17-21-60)43(66)41(33(5)8-3)62-29-37(53-56-62)36(47)31-63)59-18-14-57(15-19-59)42(65)39(28-34-9-11-35(64)12-10-34)61-30-38(54-55-61)40(48)32(4)7-2;/h1,9-12,29-30,32-33,36,39-41,63-64H,7-8,13-28,31,47-48H2,2-5H3,(H,49,50,51,52);1H/p-1/t32?,33-,36-,39-,40-,41-;/m0./s1. The van der Waals surface area contributed by atoms with E-state index in [1.807, 2.05) is 33.4 Å². The number of amides is 2. The Morgan fingerprint density at radius 2 is 1.30 bits per heavy atom. The minimum Gasteiger partial charge on any atom is -1.00 e. The predicted molar refractivity (Wildman–Crippen MR) is 257 cm³/mol. The molecule has 0 aliphatic carbocycles. The van der Waals surface area contributed by atoms with Gasteiger partial charge < -0.3 is 73.2 Å². The molecule has 2 aliphatic heterocycles. The highest BCUT2D eigenvalue weighted by Gasteiger charge is 2.35. The number of hydrogen-bond acceptors (Lipinski definition) is 19. The number of aliphatic hydroxyl groups excluding tert-OH is 1. The van der Waals surface area contributed by atoms with Crippen molar-refractivity contribution in [3.63, 3.8) is 0 Å². The molecule has 24 heteroatoms. The van der Waals surface area contributed by atoms with Crippen molar-refractivity contribution in [1.29, 1.82) is 0 Å². The number of carbonyl (C=O) groups excluding carboxylic acids is 2. The molecular weight excluding hydrogens is 924 g/mol. The fraction of sp³-hybridized carbons (Fsp3) is 0.630. The monoisotopic (exact) mass is 994 g/mol. The van der Waals surface area contributed by atoms with E-state index in [4.69, 9.17) is 47.1 Å². The molecule has 2 saturated heterocycles. The van der Waals surface area contributed by atoms with Gasteiger partial charge in [-0.15, -0.1) is 16.6 Å². The number of carbonyl (C=O) groups is 2. The summed E-state index contributed by atoms with van der Waals surface area (Å²) in [6.45, 7) is 14.0. The van der Waals surface area contributed by atoms with Gasteiger partial charge >= 0.3 is 0 Å². The van der Waals surface area contributed by atoms with E-state index >= 15 is 0 Å². The number of terminal acetylenes is 1. The number of rotatable bonds is 26. The second-order valence-corrected chi connectivity index (χ2v) is 17.5. The Morgan fingerprint density at radius 3 is 1.89 bits per heavy atom. The van der Waals surface area contributed by atoms with Crippen LogP contribution in [0.3, 0.4) is 0 Å². The van der Waals surface area contributed by atoms with Gasteiger partial charge in [-0.2, -0.15) is 15.0 Å². The number of halogens is 1. The molecule has 23 nitrogen and oxygen atoms in total. The zero-order chi connectivity index (χ0) is 49.3. The van der Waals surface area contributed by atoms with Gasteiger partial charge in [-0.05, 0) is 29.5 Å². The van der Waals surface area contributed by atoms with Crippen molar-refractivity contribution in [3.05, 3.63) is 53.6 Å². The Bertz CT molecular complexity index is 2250. The lowest BCUT2D eigenvalue weighted by molar-refractivity contribution is -0.137. The molecule has 2 aliphatic rings. The average molecular weight is 995 g/mol. The maximum absolute atomic E-state index is 14.5. The number of phenolic OH excluding ortho intramolecular Hbond substituents is 1. The molecule has 384 valence electrons. The lowest BCUT2D eigenvalue weighted by Crippen LogP contribution is -3.00. The van der Waals surface area contributed by atoms with Crippen LogP contribution in [0.5, 0.6) is 5.75 Å². The summed E-state index contributed by atoms with van der Waals surface area (Å²) in [7, 11) is 0. The van der Waals surface area contributed by atoms with Crippen LogP contribution in [0.4, 0.5) is 17.8 Å². The summed E-state index contributed by atoms with van der Waals surface area (Å²) in [5.74, 6) is 3.79. The van der Waals surface area contributed by atoms with Crippen LogP contribution in [0, 0.1) is 24.2 Å². The summed E-state index contributed by atoms with van der Waals surface area (Å²) >= 11 is 0. The SMILES string of the molecule is C#CCOCCOCCOCCNc1nc(N2CCN(C(=O)[C@H]([C@@H](C)CC)n3cc([C@@H](N)CO)nn3)CC2)nc(N2CCN(C(=O)[C@H](Cc3ccc(O)cc3)n3cc([C@@H](N)C(C)CC)nn3)CC2)n1.[Cl-]. The van der Waals surface area contributed by atoms with E-state index in [1.54, 1.807) is 46.0 Å². The number of nitrogens with zero attached hydrogens (tertiary/aromatic N) is 13. The lowest BCUT2D eigenvalue weighted by Gasteiger charge is -2.38. The zero-order valence-corrected chi connectivity index (χ0v) is 41.5. The molecule has 2 amide bonds. The summed E-state index contributed by atoms with van der Waals surface area (Å²) < 4.78 is 19.7. The third-order valence-electron chi connectivity index (χ3n) is 12.7. The summed E-state index contributed by atoms with van der Waals surface area (Å²) in [4.78, 5) is 51.0. The number of aromatic hydroxyl groups is 1. The number of hydrogen-bond donors (Lipinski definition) is 5. The zero-order valence-electron chi connectivity index (χ0n) is 40.7. The van der Waals surface area contributed by atoms with E-state index in [0.29, 0.717) is 128 Å². The second kappa shape index (κ2) is 27.6. The van der Waals surface area contributed by atoms with Crippen LogP contribution in [0.2, 0.25) is 0 Å². The smallest absolute Gasteiger partial charge is 0.247 e. The van der Waals surface area contributed by atoms with Crippen molar-refractivity contribution in [1.82, 2.24) is 54.7 Å². The first-order valence-electron chi connectivity index (χ1n) is 23.9. The highest BCUT2D eigenvalue weighted by Crippen LogP contribution is 2.28. The van der Waals surface area contributed by atoms with Crippen LogP contribution in [0.15, 0.2) is 36.7 Å². The number of anilines is 3. The molecule has 0 saturated carbocycles. The van der Waals surface area contributed by atoms with Gasteiger partial charge in [0.2, 0.25) is 29.7 Å². The maximum Gasteiger partial charge on any atom is 0.247 e. The number of ether oxygens (including phenoxy) is 3. The Hall–Kier alpha value is -5.74. The number of nitrogens with two attached hydrogens (primary N) is 2. The van der Waals surface area contributed by atoms with Crippen molar-refractivity contribution in [2.75, 3.05) is 120 Å². The maximum atomic E-state index is 14.5. The van der Waals surface area contributed by atoms with E-state index in [1.165, 1.54) is 0 Å². The molecule has 5 heterocycles. The van der Waals surface area contributed by atoms with E-state index in [-0.39, 0.29) is 61.1 Å². The normalized spacial score (nSPS) is 16.7. The van der Waals surface area contributed by atoms with Gasteiger partial charge in [-0.1, -0.05) is 69.0 Å². The Kier molecular flexibility index (Phi) is 21.8. The van der Waals surface area contributed by atoms with E-state index < -0.39 is 18.1 Å². The van der Waals surface area contributed by atoms with Gasteiger partial charge in [0.15, 0.2) is 0 Å². The van der Waals surface area contributed by atoms with Gasteiger partial charge in [0.25, 0.3) is 0 Å². The van der Waals surface area contributed by atoms with Crippen LogP contribution in [0.1, 0.15) is 81.7 Å². The number of aromatic nitrogens is 9. The molecule has 6 atom stereocenters. The third-order valence-corrected chi connectivity index (χ3v) is 12.7. The molecular formula is C46H70ClN16O7-. The first-order valence-corrected chi connectivity index (χ1v) is 23.9. The summed E-state index contributed by atoms with van der Waals surface area (Å²) in [5.41, 5.74) is 14.4. The van der Waals surface area contributed by atoms with Crippen molar-refractivity contribution in [3.8, 4) is 18.1 Å². The molecule has 0 bridgehead atoms. The molecule has 3 aromatic heterocycles. The van der Waals surface area contributed by atoms with Crippen LogP contribution in [-0.4, -0.2) is 182 Å². The largest absolute Gasteiger partial charge is 1.00 e. The molecule has 6 rings (SSSR count).